The van der Waals surface area contributed by atoms with Gasteiger partial charge < -0.3 is 10.6 Å². The molecule has 1 amide bonds. The zero-order valence-electron chi connectivity index (χ0n) is 13.0. The van der Waals surface area contributed by atoms with Crippen LogP contribution in [0, 0.1) is 11.8 Å². The van der Waals surface area contributed by atoms with Crippen molar-refractivity contribution >= 4 is 15.9 Å². The van der Waals surface area contributed by atoms with Crippen molar-refractivity contribution < 1.29 is 13.2 Å². The van der Waals surface area contributed by atoms with E-state index in [1.54, 1.807) is 6.92 Å². The van der Waals surface area contributed by atoms with E-state index in [9.17, 15) is 13.2 Å². The molecule has 0 aromatic carbocycles. The SMILES string of the molecule is CCS(=O)(=O)N1CCCC(C(=O)N2CC(CN)CC2C)C1. The molecule has 7 heteroatoms. The van der Waals surface area contributed by atoms with Gasteiger partial charge in [-0.3, -0.25) is 4.79 Å². The van der Waals surface area contributed by atoms with Crippen LogP contribution in [-0.2, 0) is 14.8 Å². The van der Waals surface area contributed by atoms with Crippen molar-refractivity contribution in [1.29, 1.82) is 0 Å². The minimum atomic E-state index is -3.20. The van der Waals surface area contributed by atoms with Gasteiger partial charge in [-0.2, -0.15) is 0 Å². The number of hydrogen-bond donors (Lipinski definition) is 1. The van der Waals surface area contributed by atoms with Gasteiger partial charge in [0.2, 0.25) is 15.9 Å². The number of nitrogens with zero attached hydrogens (tertiary/aromatic N) is 2. The lowest BCUT2D eigenvalue weighted by atomic mass is 9.98. The van der Waals surface area contributed by atoms with E-state index < -0.39 is 10.0 Å². The number of piperidine rings is 1. The van der Waals surface area contributed by atoms with E-state index in [4.69, 9.17) is 5.73 Å². The largest absolute Gasteiger partial charge is 0.339 e. The van der Waals surface area contributed by atoms with Crippen molar-refractivity contribution in [2.75, 3.05) is 31.9 Å². The molecular weight excluding hydrogens is 290 g/mol. The lowest BCUT2D eigenvalue weighted by Gasteiger charge is -2.34. The van der Waals surface area contributed by atoms with Gasteiger partial charge >= 0.3 is 0 Å². The van der Waals surface area contributed by atoms with Crippen LogP contribution in [0.25, 0.3) is 0 Å². The van der Waals surface area contributed by atoms with Gasteiger partial charge in [0.15, 0.2) is 0 Å². The minimum Gasteiger partial charge on any atom is -0.339 e. The van der Waals surface area contributed by atoms with E-state index in [-0.39, 0.29) is 23.6 Å². The third kappa shape index (κ3) is 3.57. The summed E-state index contributed by atoms with van der Waals surface area (Å²) in [6.07, 6.45) is 2.50. The van der Waals surface area contributed by atoms with Crippen LogP contribution < -0.4 is 5.73 Å². The standard InChI is InChI=1S/C14H27N3O3S/c1-3-21(19,20)16-6-4-5-13(10-16)14(18)17-9-12(8-15)7-11(17)2/h11-13H,3-10,15H2,1-2H3. The Balaban J connectivity index is 2.03. The second kappa shape index (κ2) is 6.62. The van der Waals surface area contributed by atoms with Crippen molar-refractivity contribution in [2.24, 2.45) is 17.6 Å². The molecule has 0 radical (unpaired) electrons. The maximum absolute atomic E-state index is 12.7. The van der Waals surface area contributed by atoms with Gasteiger partial charge in [0.25, 0.3) is 0 Å². The Morgan fingerprint density at radius 1 is 1.33 bits per heavy atom. The van der Waals surface area contributed by atoms with Gasteiger partial charge in [-0.05, 0) is 45.6 Å². The predicted molar refractivity (Wildman–Crippen MR) is 82.1 cm³/mol. The molecule has 2 N–H and O–H groups in total. The first-order chi connectivity index (χ1) is 9.89. The molecule has 2 aliphatic heterocycles. The zero-order chi connectivity index (χ0) is 15.6. The molecule has 2 heterocycles. The average molecular weight is 317 g/mol. The molecular formula is C14H27N3O3S. The van der Waals surface area contributed by atoms with Crippen LogP contribution in [0.15, 0.2) is 0 Å². The Morgan fingerprint density at radius 2 is 2.05 bits per heavy atom. The number of likely N-dealkylation sites (tertiary alicyclic amines) is 1. The van der Waals surface area contributed by atoms with Crippen LogP contribution >= 0.6 is 0 Å². The van der Waals surface area contributed by atoms with E-state index in [0.29, 0.717) is 32.1 Å². The Hall–Kier alpha value is -0.660. The molecule has 3 unspecified atom stereocenters. The van der Waals surface area contributed by atoms with E-state index in [1.165, 1.54) is 4.31 Å². The molecule has 2 aliphatic rings. The van der Waals surface area contributed by atoms with Crippen LogP contribution in [-0.4, -0.2) is 61.5 Å². The molecule has 21 heavy (non-hydrogen) atoms. The molecule has 3 atom stereocenters. The van der Waals surface area contributed by atoms with Crippen LogP contribution in [0.5, 0.6) is 0 Å². The fraction of sp³-hybridized carbons (Fsp3) is 0.929. The van der Waals surface area contributed by atoms with Gasteiger partial charge in [-0.15, -0.1) is 0 Å². The van der Waals surface area contributed by atoms with Crippen LogP contribution in [0.3, 0.4) is 0 Å². The first kappa shape index (κ1) is 16.7. The smallest absolute Gasteiger partial charge is 0.227 e. The summed E-state index contributed by atoms with van der Waals surface area (Å²) in [6, 6.07) is 0.212. The summed E-state index contributed by atoms with van der Waals surface area (Å²) in [5, 5.41) is 0. The Morgan fingerprint density at radius 3 is 2.62 bits per heavy atom. The highest BCUT2D eigenvalue weighted by atomic mass is 32.2. The van der Waals surface area contributed by atoms with Gasteiger partial charge in [0.05, 0.1) is 11.7 Å². The third-order valence-electron chi connectivity index (χ3n) is 4.77. The summed E-state index contributed by atoms with van der Waals surface area (Å²) >= 11 is 0. The van der Waals surface area contributed by atoms with E-state index in [2.05, 4.69) is 6.92 Å². The van der Waals surface area contributed by atoms with Crippen LogP contribution in [0.2, 0.25) is 0 Å². The Kier molecular flexibility index (Phi) is 5.27. The molecule has 0 saturated carbocycles. The first-order valence-corrected chi connectivity index (χ1v) is 9.48. The average Bonchev–Trinajstić information content (AvgIpc) is 2.87. The molecule has 2 rings (SSSR count). The quantitative estimate of drug-likeness (QED) is 0.805. The number of carbonyl (C=O) groups is 1. The number of amides is 1. The number of carbonyl (C=O) groups excluding carboxylic acids is 1. The molecule has 0 aromatic rings. The lowest BCUT2D eigenvalue weighted by Crippen LogP contribution is -2.48. The summed E-state index contributed by atoms with van der Waals surface area (Å²) in [4.78, 5) is 14.6. The predicted octanol–water partition coefficient (Wildman–Crippen LogP) is 0.244. The minimum absolute atomic E-state index is 0.100. The Bertz CT molecular complexity index is 480. The topological polar surface area (TPSA) is 83.7 Å². The van der Waals surface area contributed by atoms with Crippen LogP contribution in [0.1, 0.15) is 33.1 Å². The second-order valence-corrected chi connectivity index (χ2v) is 8.53. The summed E-state index contributed by atoms with van der Waals surface area (Å²) < 4.78 is 25.5. The number of nitrogens with two attached hydrogens (primary N) is 1. The maximum atomic E-state index is 12.7. The molecule has 0 spiro atoms. The molecule has 2 saturated heterocycles. The normalized spacial score (nSPS) is 31.6. The maximum Gasteiger partial charge on any atom is 0.227 e. The van der Waals surface area contributed by atoms with Crippen molar-refractivity contribution in [3.63, 3.8) is 0 Å². The number of hydrogen-bond acceptors (Lipinski definition) is 4. The first-order valence-electron chi connectivity index (χ1n) is 7.87. The number of sulfonamides is 1. The van der Waals surface area contributed by atoms with Gasteiger partial charge in [-0.25, -0.2) is 12.7 Å². The van der Waals surface area contributed by atoms with Crippen molar-refractivity contribution in [3.05, 3.63) is 0 Å². The highest BCUT2D eigenvalue weighted by molar-refractivity contribution is 7.89. The summed E-state index contributed by atoms with van der Waals surface area (Å²) in [6.45, 7) is 5.90. The monoisotopic (exact) mass is 317 g/mol. The highest BCUT2D eigenvalue weighted by Crippen LogP contribution is 2.27. The molecule has 2 fully saturated rings. The van der Waals surface area contributed by atoms with Gasteiger partial charge in [0.1, 0.15) is 0 Å². The zero-order valence-corrected chi connectivity index (χ0v) is 13.8. The number of rotatable bonds is 4. The fourth-order valence-corrected chi connectivity index (χ4v) is 4.61. The lowest BCUT2D eigenvalue weighted by molar-refractivity contribution is -0.137. The second-order valence-electron chi connectivity index (χ2n) is 6.27. The van der Waals surface area contributed by atoms with E-state index in [1.807, 2.05) is 4.90 Å². The fourth-order valence-electron chi connectivity index (χ4n) is 3.43. The third-order valence-corrected chi connectivity index (χ3v) is 6.62. The summed E-state index contributed by atoms with van der Waals surface area (Å²) in [5.74, 6) is 0.389. The molecule has 0 aromatic heterocycles. The Labute approximate surface area is 127 Å². The molecule has 0 aliphatic carbocycles. The van der Waals surface area contributed by atoms with Gasteiger partial charge in [-0.1, -0.05) is 0 Å². The highest BCUT2D eigenvalue weighted by Gasteiger charge is 2.38. The molecule has 122 valence electrons. The van der Waals surface area contributed by atoms with Crippen LogP contribution in [0.4, 0.5) is 0 Å². The van der Waals surface area contributed by atoms with E-state index >= 15 is 0 Å². The van der Waals surface area contributed by atoms with Crippen molar-refractivity contribution in [1.82, 2.24) is 9.21 Å². The molecule has 6 nitrogen and oxygen atoms in total. The molecule has 0 bridgehead atoms. The summed E-state index contributed by atoms with van der Waals surface area (Å²) in [5.41, 5.74) is 5.71. The van der Waals surface area contributed by atoms with Crippen molar-refractivity contribution in [2.45, 2.75) is 39.2 Å². The van der Waals surface area contributed by atoms with Crippen molar-refractivity contribution in [3.8, 4) is 0 Å². The van der Waals surface area contributed by atoms with Gasteiger partial charge in [0, 0.05) is 25.7 Å². The summed E-state index contributed by atoms with van der Waals surface area (Å²) in [7, 11) is -3.20. The van der Waals surface area contributed by atoms with E-state index in [0.717, 1.165) is 19.3 Å².